The number of imide groups is 1. The first kappa shape index (κ1) is 20.4. The van der Waals surface area contributed by atoms with Crippen molar-refractivity contribution in [2.45, 2.75) is 13.0 Å². The van der Waals surface area contributed by atoms with E-state index in [4.69, 9.17) is 0 Å². The first-order valence-corrected chi connectivity index (χ1v) is 11.0. The third-order valence-electron chi connectivity index (χ3n) is 6.38. The molecule has 3 aromatic rings. The molecule has 0 aromatic heterocycles. The fraction of sp³-hybridized carbons (Fsp3) is 0.269. The molecule has 6 nitrogen and oxygen atoms in total. The molecular weight excluding hydrogens is 402 g/mol. The van der Waals surface area contributed by atoms with E-state index in [2.05, 4.69) is 17.0 Å². The Hall–Kier alpha value is -3.51. The number of nitrogens with zero attached hydrogens (tertiary/aromatic N) is 3. The predicted octanol–water partition coefficient (Wildman–Crippen LogP) is 3.17. The smallest absolute Gasteiger partial charge is 0.261 e. The fourth-order valence-corrected chi connectivity index (χ4v) is 4.65. The number of benzene rings is 3. The predicted molar refractivity (Wildman–Crippen MR) is 122 cm³/mol. The van der Waals surface area contributed by atoms with E-state index in [0.29, 0.717) is 29.6 Å². The number of carbonyl (C=O) groups is 3. The van der Waals surface area contributed by atoms with E-state index in [1.165, 1.54) is 10.5 Å². The summed E-state index contributed by atoms with van der Waals surface area (Å²) in [6.07, 6.45) is 0.147. The number of hydrogen-bond donors (Lipinski definition) is 0. The van der Waals surface area contributed by atoms with Gasteiger partial charge in [-0.05, 0) is 23.1 Å². The van der Waals surface area contributed by atoms with Crippen LogP contribution in [0, 0.1) is 0 Å². The molecule has 3 aromatic carbocycles. The van der Waals surface area contributed by atoms with Crippen molar-refractivity contribution < 1.29 is 14.4 Å². The van der Waals surface area contributed by atoms with Crippen molar-refractivity contribution in [2.75, 3.05) is 32.7 Å². The van der Waals surface area contributed by atoms with Crippen LogP contribution >= 0.6 is 0 Å². The van der Waals surface area contributed by atoms with Crippen LogP contribution in [-0.4, -0.2) is 65.1 Å². The van der Waals surface area contributed by atoms with Crippen molar-refractivity contribution in [2.24, 2.45) is 0 Å². The van der Waals surface area contributed by atoms with Gasteiger partial charge in [0.05, 0.1) is 0 Å². The van der Waals surface area contributed by atoms with Crippen LogP contribution in [0.25, 0.3) is 10.8 Å². The molecule has 32 heavy (non-hydrogen) atoms. The highest BCUT2D eigenvalue weighted by atomic mass is 16.2. The molecule has 2 aliphatic heterocycles. The van der Waals surface area contributed by atoms with Gasteiger partial charge in [-0.2, -0.15) is 0 Å². The van der Waals surface area contributed by atoms with Crippen LogP contribution < -0.4 is 0 Å². The van der Waals surface area contributed by atoms with Gasteiger partial charge in [0, 0.05) is 62.2 Å². The molecule has 0 unspecified atom stereocenters. The lowest BCUT2D eigenvalue weighted by atomic mass is 9.94. The van der Waals surface area contributed by atoms with Crippen LogP contribution in [0.15, 0.2) is 66.7 Å². The number of rotatable bonds is 5. The highest BCUT2D eigenvalue weighted by Crippen LogP contribution is 2.30. The molecule has 2 heterocycles. The Morgan fingerprint density at radius 2 is 1.38 bits per heavy atom. The zero-order valence-electron chi connectivity index (χ0n) is 17.9. The molecule has 0 atom stereocenters. The molecule has 162 valence electrons. The third kappa shape index (κ3) is 3.78. The van der Waals surface area contributed by atoms with Crippen LogP contribution in [0.5, 0.6) is 0 Å². The number of carbonyl (C=O) groups excluding carboxylic acids is 3. The minimum absolute atomic E-state index is 0.0120. The molecule has 0 N–H and O–H groups in total. The average molecular weight is 428 g/mol. The van der Waals surface area contributed by atoms with Crippen LogP contribution in [0.3, 0.4) is 0 Å². The normalized spacial score (nSPS) is 16.6. The van der Waals surface area contributed by atoms with E-state index in [-0.39, 0.29) is 30.7 Å². The Balaban J connectivity index is 1.20. The number of piperazine rings is 1. The summed E-state index contributed by atoms with van der Waals surface area (Å²) in [7, 11) is 0. The SMILES string of the molecule is O=C(CCN1C(=O)c2cccc3cccc(c23)C1=O)N1CCN(Cc2ccccc2)CC1. The van der Waals surface area contributed by atoms with E-state index < -0.39 is 0 Å². The maximum absolute atomic E-state index is 13.0. The summed E-state index contributed by atoms with van der Waals surface area (Å²) in [4.78, 5) is 44.2. The van der Waals surface area contributed by atoms with Crippen LogP contribution in [0.4, 0.5) is 0 Å². The lowest BCUT2D eigenvalue weighted by Gasteiger charge is -2.35. The van der Waals surface area contributed by atoms with E-state index in [0.717, 1.165) is 25.0 Å². The second kappa shape index (κ2) is 8.55. The molecule has 0 spiro atoms. The van der Waals surface area contributed by atoms with Gasteiger partial charge in [0.15, 0.2) is 0 Å². The van der Waals surface area contributed by atoms with Crippen LogP contribution in [-0.2, 0) is 11.3 Å². The van der Waals surface area contributed by atoms with E-state index in [9.17, 15) is 14.4 Å². The topological polar surface area (TPSA) is 60.9 Å². The molecule has 1 fully saturated rings. The van der Waals surface area contributed by atoms with E-state index >= 15 is 0 Å². The van der Waals surface area contributed by atoms with E-state index in [1.807, 2.05) is 47.4 Å². The van der Waals surface area contributed by atoms with Gasteiger partial charge in [0.2, 0.25) is 5.91 Å². The van der Waals surface area contributed by atoms with E-state index in [1.54, 1.807) is 12.1 Å². The van der Waals surface area contributed by atoms with Crippen LogP contribution in [0.1, 0.15) is 32.7 Å². The molecule has 3 amide bonds. The summed E-state index contributed by atoms with van der Waals surface area (Å²) in [6, 6.07) is 21.3. The van der Waals surface area contributed by atoms with Crippen molar-refractivity contribution in [3.8, 4) is 0 Å². The Morgan fingerprint density at radius 3 is 2.00 bits per heavy atom. The van der Waals surface area contributed by atoms with Gasteiger partial charge < -0.3 is 4.90 Å². The lowest BCUT2D eigenvalue weighted by Crippen LogP contribution is -2.49. The lowest BCUT2D eigenvalue weighted by molar-refractivity contribution is -0.133. The maximum Gasteiger partial charge on any atom is 0.261 e. The Kier molecular flexibility index (Phi) is 5.45. The molecule has 6 heteroatoms. The zero-order chi connectivity index (χ0) is 22.1. The molecule has 0 aliphatic carbocycles. The first-order chi connectivity index (χ1) is 15.6. The number of hydrogen-bond acceptors (Lipinski definition) is 4. The Bertz CT molecular complexity index is 1130. The fourth-order valence-electron chi connectivity index (χ4n) is 4.65. The molecule has 1 saturated heterocycles. The van der Waals surface area contributed by atoms with Gasteiger partial charge in [0.1, 0.15) is 0 Å². The summed E-state index contributed by atoms with van der Waals surface area (Å²) < 4.78 is 0. The maximum atomic E-state index is 13.0. The van der Waals surface area contributed by atoms with Crippen molar-refractivity contribution >= 4 is 28.5 Å². The van der Waals surface area contributed by atoms with Gasteiger partial charge in [-0.1, -0.05) is 54.6 Å². The van der Waals surface area contributed by atoms with Gasteiger partial charge >= 0.3 is 0 Å². The monoisotopic (exact) mass is 427 g/mol. The van der Waals surface area contributed by atoms with Gasteiger partial charge in [-0.25, -0.2) is 0 Å². The second-order valence-corrected chi connectivity index (χ2v) is 8.36. The quantitative estimate of drug-likeness (QED) is 0.587. The van der Waals surface area contributed by atoms with Crippen molar-refractivity contribution in [1.29, 1.82) is 0 Å². The summed E-state index contributed by atoms with van der Waals surface area (Å²) in [5.74, 6) is -0.651. The number of amides is 3. The van der Waals surface area contributed by atoms with Crippen molar-refractivity contribution in [1.82, 2.24) is 14.7 Å². The summed E-state index contributed by atoms with van der Waals surface area (Å²) in [5, 5.41) is 1.59. The van der Waals surface area contributed by atoms with Crippen molar-refractivity contribution in [3.63, 3.8) is 0 Å². The molecule has 0 radical (unpaired) electrons. The largest absolute Gasteiger partial charge is 0.340 e. The minimum Gasteiger partial charge on any atom is -0.340 e. The van der Waals surface area contributed by atoms with Gasteiger partial charge in [-0.15, -0.1) is 0 Å². The standard InChI is InChI=1S/C26H25N3O3/c30-23(28-16-14-27(15-17-28)18-19-6-2-1-3-7-19)12-13-29-25(31)21-10-4-8-20-9-5-11-22(24(20)21)26(29)32/h1-11H,12-18H2. The first-order valence-electron chi connectivity index (χ1n) is 11.0. The Morgan fingerprint density at radius 1 is 0.750 bits per heavy atom. The molecule has 0 saturated carbocycles. The zero-order valence-corrected chi connectivity index (χ0v) is 17.9. The highest BCUT2D eigenvalue weighted by Gasteiger charge is 2.33. The molecule has 0 bridgehead atoms. The molecule has 5 rings (SSSR count). The van der Waals surface area contributed by atoms with Crippen LogP contribution in [0.2, 0.25) is 0 Å². The molecular formula is C26H25N3O3. The van der Waals surface area contributed by atoms with Gasteiger partial charge in [0.25, 0.3) is 11.8 Å². The summed E-state index contributed by atoms with van der Waals surface area (Å²) >= 11 is 0. The average Bonchev–Trinajstić information content (AvgIpc) is 2.83. The minimum atomic E-state index is -0.320. The third-order valence-corrected chi connectivity index (χ3v) is 6.38. The highest BCUT2D eigenvalue weighted by molar-refractivity contribution is 6.25. The summed E-state index contributed by atoms with van der Waals surface area (Å²) in [6.45, 7) is 3.94. The second-order valence-electron chi connectivity index (χ2n) is 8.36. The Labute approximate surface area is 187 Å². The van der Waals surface area contributed by atoms with Crippen molar-refractivity contribution in [3.05, 3.63) is 83.4 Å². The van der Waals surface area contributed by atoms with Gasteiger partial charge in [-0.3, -0.25) is 24.2 Å². The summed E-state index contributed by atoms with van der Waals surface area (Å²) in [5.41, 5.74) is 2.32. The molecule has 2 aliphatic rings.